The van der Waals surface area contributed by atoms with E-state index in [1.807, 2.05) is 13.8 Å². The molecule has 1 amide bonds. The first kappa shape index (κ1) is 15.9. The van der Waals surface area contributed by atoms with Gasteiger partial charge in [-0.05, 0) is 18.8 Å². The maximum absolute atomic E-state index is 12.2. The maximum atomic E-state index is 12.2. The number of carbonyl (C=O) groups is 2. The van der Waals surface area contributed by atoms with Crippen LogP contribution in [0.15, 0.2) is 0 Å². The third kappa shape index (κ3) is 6.29. The standard InChI is InChI=1S/C13H25NO3/c1-10(2)9-13(3,4)12(17)14(5)8-6-7-11(15)16/h10H,6-9H2,1-5H3,(H,15,16). The maximum Gasteiger partial charge on any atom is 0.303 e. The topological polar surface area (TPSA) is 57.6 Å². The lowest BCUT2D eigenvalue weighted by molar-refractivity contribution is -0.141. The Morgan fingerprint density at radius 2 is 1.82 bits per heavy atom. The van der Waals surface area contributed by atoms with E-state index < -0.39 is 5.97 Å². The Morgan fingerprint density at radius 3 is 2.24 bits per heavy atom. The Bertz CT molecular complexity index is 272. The summed E-state index contributed by atoms with van der Waals surface area (Å²) in [6, 6.07) is 0. The van der Waals surface area contributed by atoms with Crippen molar-refractivity contribution in [2.75, 3.05) is 13.6 Å². The van der Waals surface area contributed by atoms with Crippen molar-refractivity contribution in [2.24, 2.45) is 11.3 Å². The molecule has 0 saturated carbocycles. The number of amides is 1. The smallest absolute Gasteiger partial charge is 0.303 e. The molecule has 0 aromatic heterocycles. The van der Waals surface area contributed by atoms with Crippen molar-refractivity contribution in [3.05, 3.63) is 0 Å². The van der Waals surface area contributed by atoms with Crippen molar-refractivity contribution < 1.29 is 14.7 Å². The number of hydrogen-bond donors (Lipinski definition) is 1. The van der Waals surface area contributed by atoms with Crippen molar-refractivity contribution in [3.63, 3.8) is 0 Å². The number of carboxylic acids is 1. The molecule has 0 aliphatic heterocycles. The van der Waals surface area contributed by atoms with Crippen LogP contribution >= 0.6 is 0 Å². The van der Waals surface area contributed by atoms with Gasteiger partial charge in [0.05, 0.1) is 0 Å². The Hall–Kier alpha value is -1.06. The summed E-state index contributed by atoms with van der Waals surface area (Å²) in [5.74, 6) is -0.245. The molecule has 0 aromatic carbocycles. The fraction of sp³-hybridized carbons (Fsp3) is 0.846. The predicted molar refractivity (Wildman–Crippen MR) is 67.7 cm³/mol. The molecule has 1 N–H and O–H groups in total. The van der Waals surface area contributed by atoms with Crippen LogP contribution < -0.4 is 0 Å². The van der Waals surface area contributed by atoms with Crippen molar-refractivity contribution in [2.45, 2.75) is 47.0 Å². The highest BCUT2D eigenvalue weighted by atomic mass is 16.4. The van der Waals surface area contributed by atoms with Gasteiger partial charge in [-0.15, -0.1) is 0 Å². The van der Waals surface area contributed by atoms with Crippen LogP contribution in [0.3, 0.4) is 0 Å². The number of rotatable bonds is 7. The molecular formula is C13H25NO3. The highest BCUT2D eigenvalue weighted by Crippen LogP contribution is 2.27. The number of aliphatic carboxylic acids is 1. The SMILES string of the molecule is CC(C)CC(C)(C)C(=O)N(C)CCCC(=O)O. The van der Waals surface area contributed by atoms with Crippen molar-refractivity contribution in [3.8, 4) is 0 Å². The van der Waals surface area contributed by atoms with E-state index in [0.29, 0.717) is 18.9 Å². The first-order chi connectivity index (χ1) is 7.66. The summed E-state index contributed by atoms with van der Waals surface area (Å²) >= 11 is 0. The molecule has 0 atom stereocenters. The second-order valence-electron chi connectivity index (χ2n) is 5.71. The van der Waals surface area contributed by atoms with E-state index in [1.165, 1.54) is 0 Å². The molecule has 0 spiro atoms. The van der Waals surface area contributed by atoms with Crippen molar-refractivity contribution in [1.82, 2.24) is 4.90 Å². The molecule has 0 bridgehead atoms. The van der Waals surface area contributed by atoms with E-state index in [2.05, 4.69) is 13.8 Å². The number of carbonyl (C=O) groups excluding carboxylic acids is 1. The quantitative estimate of drug-likeness (QED) is 0.747. The van der Waals surface area contributed by atoms with Gasteiger partial charge in [-0.1, -0.05) is 27.7 Å². The molecule has 4 nitrogen and oxygen atoms in total. The van der Waals surface area contributed by atoms with Crippen LogP contribution in [0, 0.1) is 11.3 Å². The normalized spacial score (nSPS) is 11.6. The Labute approximate surface area is 104 Å². The van der Waals surface area contributed by atoms with Gasteiger partial charge in [0.25, 0.3) is 0 Å². The number of carboxylic acid groups (broad SMARTS) is 1. The molecule has 4 heteroatoms. The first-order valence-corrected chi connectivity index (χ1v) is 6.14. The molecule has 0 radical (unpaired) electrons. The lowest BCUT2D eigenvalue weighted by Gasteiger charge is -2.30. The van der Waals surface area contributed by atoms with Crippen LogP contribution in [0.4, 0.5) is 0 Å². The summed E-state index contributed by atoms with van der Waals surface area (Å²) in [4.78, 5) is 24.2. The molecule has 0 heterocycles. The van der Waals surface area contributed by atoms with Gasteiger partial charge in [0.2, 0.25) is 5.91 Å². The van der Waals surface area contributed by atoms with Crippen molar-refractivity contribution in [1.29, 1.82) is 0 Å². The molecule has 0 unspecified atom stereocenters. The fourth-order valence-electron chi connectivity index (χ4n) is 2.19. The fourth-order valence-corrected chi connectivity index (χ4v) is 2.19. The van der Waals surface area contributed by atoms with Crippen LogP contribution in [0.2, 0.25) is 0 Å². The highest BCUT2D eigenvalue weighted by Gasteiger charge is 2.30. The average Bonchev–Trinajstić information content (AvgIpc) is 2.13. The molecule has 0 rings (SSSR count). The van der Waals surface area contributed by atoms with Crippen LogP contribution in [0.25, 0.3) is 0 Å². The van der Waals surface area contributed by atoms with Gasteiger partial charge >= 0.3 is 5.97 Å². The summed E-state index contributed by atoms with van der Waals surface area (Å²) in [7, 11) is 1.74. The van der Waals surface area contributed by atoms with E-state index in [1.54, 1.807) is 11.9 Å². The van der Waals surface area contributed by atoms with E-state index in [-0.39, 0.29) is 17.7 Å². The van der Waals surface area contributed by atoms with Gasteiger partial charge in [-0.25, -0.2) is 0 Å². The van der Waals surface area contributed by atoms with E-state index >= 15 is 0 Å². The third-order valence-corrected chi connectivity index (χ3v) is 2.73. The van der Waals surface area contributed by atoms with E-state index in [9.17, 15) is 9.59 Å². The zero-order chi connectivity index (χ0) is 13.6. The minimum absolute atomic E-state index is 0.0941. The van der Waals surface area contributed by atoms with Crippen LogP contribution in [-0.4, -0.2) is 35.5 Å². The molecule has 0 saturated heterocycles. The van der Waals surface area contributed by atoms with Gasteiger partial charge in [0.15, 0.2) is 0 Å². The molecule has 0 fully saturated rings. The molecule has 0 aliphatic rings. The number of hydrogen-bond acceptors (Lipinski definition) is 2. The summed E-state index contributed by atoms with van der Waals surface area (Å²) in [5, 5.41) is 8.54. The second kappa shape index (κ2) is 6.62. The van der Waals surface area contributed by atoms with Gasteiger partial charge < -0.3 is 10.0 Å². The van der Waals surface area contributed by atoms with Gasteiger partial charge in [-0.2, -0.15) is 0 Å². The Morgan fingerprint density at radius 1 is 1.29 bits per heavy atom. The summed E-state index contributed by atoms with van der Waals surface area (Å²) in [6.07, 6.45) is 1.46. The zero-order valence-electron chi connectivity index (χ0n) is 11.6. The first-order valence-electron chi connectivity index (χ1n) is 6.14. The van der Waals surface area contributed by atoms with Crippen LogP contribution in [0.1, 0.15) is 47.0 Å². The average molecular weight is 243 g/mol. The molecule has 0 aromatic rings. The predicted octanol–water partition coefficient (Wildman–Crippen LogP) is 2.38. The molecule has 17 heavy (non-hydrogen) atoms. The van der Waals surface area contributed by atoms with Crippen molar-refractivity contribution >= 4 is 11.9 Å². The Kier molecular flexibility index (Phi) is 6.21. The van der Waals surface area contributed by atoms with Crippen LogP contribution in [0.5, 0.6) is 0 Å². The van der Waals surface area contributed by atoms with E-state index in [0.717, 1.165) is 6.42 Å². The van der Waals surface area contributed by atoms with Crippen LogP contribution in [-0.2, 0) is 9.59 Å². The minimum Gasteiger partial charge on any atom is -0.481 e. The van der Waals surface area contributed by atoms with E-state index in [4.69, 9.17) is 5.11 Å². The summed E-state index contributed by atoms with van der Waals surface area (Å²) < 4.78 is 0. The molecular weight excluding hydrogens is 218 g/mol. The lowest BCUT2D eigenvalue weighted by Crippen LogP contribution is -2.39. The minimum atomic E-state index is -0.813. The monoisotopic (exact) mass is 243 g/mol. The largest absolute Gasteiger partial charge is 0.481 e. The second-order valence-corrected chi connectivity index (χ2v) is 5.71. The Balaban J connectivity index is 4.23. The zero-order valence-corrected chi connectivity index (χ0v) is 11.6. The summed E-state index contributed by atoms with van der Waals surface area (Å²) in [6.45, 7) is 8.59. The molecule has 0 aliphatic carbocycles. The lowest BCUT2D eigenvalue weighted by atomic mass is 9.82. The third-order valence-electron chi connectivity index (χ3n) is 2.73. The highest BCUT2D eigenvalue weighted by molar-refractivity contribution is 5.81. The van der Waals surface area contributed by atoms with Gasteiger partial charge in [0, 0.05) is 25.4 Å². The van der Waals surface area contributed by atoms with Gasteiger partial charge in [-0.3, -0.25) is 9.59 Å². The number of nitrogens with zero attached hydrogens (tertiary/aromatic N) is 1. The summed E-state index contributed by atoms with van der Waals surface area (Å²) in [5.41, 5.74) is -0.369. The molecule has 100 valence electrons. The van der Waals surface area contributed by atoms with Gasteiger partial charge in [0.1, 0.15) is 0 Å².